The molecule has 0 spiro atoms. The van der Waals surface area contributed by atoms with Crippen molar-refractivity contribution in [1.29, 1.82) is 0 Å². The molecule has 1 aliphatic carbocycles. The third-order valence-corrected chi connectivity index (χ3v) is 4.87. The summed E-state index contributed by atoms with van der Waals surface area (Å²) in [6.07, 6.45) is 2.60. The molecular formula is C15H24O3. The zero-order valence-electron chi connectivity index (χ0n) is 12.1. The van der Waals surface area contributed by atoms with Gasteiger partial charge >= 0.3 is 0 Å². The maximum Gasteiger partial charge on any atom is 0.136 e. The van der Waals surface area contributed by atoms with Gasteiger partial charge in [0.2, 0.25) is 0 Å². The van der Waals surface area contributed by atoms with Crippen LogP contribution in [0.1, 0.15) is 60.3 Å². The molecule has 0 N–H and O–H groups in total. The Hall–Kier alpha value is -0.990. The Morgan fingerprint density at radius 1 is 1.17 bits per heavy atom. The fourth-order valence-corrected chi connectivity index (χ4v) is 3.11. The Labute approximate surface area is 109 Å². The summed E-state index contributed by atoms with van der Waals surface area (Å²) in [5.74, 6) is 0.527. The molecule has 0 aromatic heterocycles. The highest BCUT2D eigenvalue weighted by molar-refractivity contribution is 5.89. The molecule has 0 aromatic rings. The van der Waals surface area contributed by atoms with Crippen LogP contribution in [-0.2, 0) is 14.4 Å². The van der Waals surface area contributed by atoms with Crippen LogP contribution in [0.5, 0.6) is 0 Å². The number of hydrogen-bond acceptors (Lipinski definition) is 3. The van der Waals surface area contributed by atoms with Gasteiger partial charge in [-0.15, -0.1) is 0 Å². The summed E-state index contributed by atoms with van der Waals surface area (Å²) in [4.78, 5) is 35.0. The van der Waals surface area contributed by atoms with E-state index < -0.39 is 10.8 Å². The van der Waals surface area contributed by atoms with Crippen LogP contribution in [0.15, 0.2) is 0 Å². The quantitative estimate of drug-likeness (QED) is 0.756. The van der Waals surface area contributed by atoms with E-state index in [1.165, 1.54) is 6.92 Å². The summed E-state index contributed by atoms with van der Waals surface area (Å²) in [6, 6.07) is 0. The van der Waals surface area contributed by atoms with Crippen molar-refractivity contribution in [3.05, 3.63) is 0 Å². The highest BCUT2D eigenvalue weighted by atomic mass is 16.1. The Morgan fingerprint density at radius 2 is 1.72 bits per heavy atom. The lowest BCUT2D eigenvalue weighted by atomic mass is 9.71. The van der Waals surface area contributed by atoms with Gasteiger partial charge in [0, 0.05) is 17.3 Å². The lowest BCUT2D eigenvalue weighted by Gasteiger charge is -2.31. The lowest BCUT2D eigenvalue weighted by molar-refractivity contribution is -0.133. The first-order valence-corrected chi connectivity index (χ1v) is 6.63. The fourth-order valence-electron chi connectivity index (χ4n) is 3.11. The van der Waals surface area contributed by atoms with Crippen LogP contribution >= 0.6 is 0 Å². The van der Waals surface area contributed by atoms with E-state index in [0.717, 1.165) is 12.8 Å². The van der Waals surface area contributed by atoms with Crippen molar-refractivity contribution < 1.29 is 14.4 Å². The largest absolute Gasteiger partial charge is 0.300 e. The van der Waals surface area contributed by atoms with Crippen molar-refractivity contribution in [2.75, 3.05) is 0 Å². The van der Waals surface area contributed by atoms with Crippen LogP contribution in [0.25, 0.3) is 0 Å². The van der Waals surface area contributed by atoms with Crippen LogP contribution in [0, 0.1) is 16.7 Å². The second-order valence-electron chi connectivity index (χ2n) is 6.43. The minimum absolute atomic E-state index is 0.0616. The highest BCUT2D eigenvalue weighted by Crippen LogP contribution is 2.51. The molecule has 0 unspecified atom stereocenters. The Morgan fingerprint density at radius 3 is 2.11 bits per heavy atom. The first kappa shape index (κ1) is 15.1. The third kappa shape index (κ3) is 2.70. The molecule has 1 fully saturated rings. The van der Waals surface area contributed by atoms with Crippen molar-refractivity contribution in [3.8, 4) is 0 Å². The molecule has 18 heavy (non-hydrogen) atoms. The van der Waals surface area contributed by atoms with Gasteiger partial charge in [-0.05, 0) is 46.0 Å². The Bertz CT molecular complexity index is 381. The maximum absolute atomic E-state index is 11.9. The summed E-state index contributed by atoms with van der Waals surface area (Å²) in [6.45, 7) is 8.62. The summed E-state index contributed by atoms with van der Waals surface area (Å²) < 4.78 is 0. The minimum Gasteiger partial charge on any atom is -0.300 e. The summed E-state index contributed by atoms with van der Waals surface area (Å²) >= 11 is 0. The number of ketones is 3. The topological polar surface area (TPSA) is 51.2 Å². The molecule has 0 radical (unpaired) electrons. The van der Waals surface area contributed by atoms with Crippen molar-refractivity contribution in [2.24, 2.45) is 16.7 Å². The molecule has 3 heteroatoms. The van der Waals surface area contributed by atoms with Crippen molar-refractivity contribution in [1.82, 2.24) is 0 Å². The van der Waals surface area contributed by atoms with Crippen molar-refractivity contribution >= 4 is 17.3 Å². The number of carbonyl (C=O) groups excluding carboxylic acids is 3. The van der Waals surface area contributed by atoms with Gasteiger partial charge < -0.3 is 0 Å². The molecule has 0 aliphatic heterocycles. The van der Waals surface area contributed by atoms with Gasteiger partial charge in [-0.1, -0.05) is 13.8 Å². The normalized spacial score (nSPS) is 28.2. The molecular weight excluding hydrogens is 228 g/mol. The number of carbonyl (C=O) groups is 3. The van der Waals surface area contributed by atoms with Crippen LogP contribution in [-0.4, -0.2) is 17.3 Å². The fraction of sp³-hybridized carbons (Fsp3) is 0.800. The van der Waals surface area contributed by atoms with E-state index in [0.29, 0.717) is 12.8 Å². The summed E-state index contributed by atoms with van der Waals surface area (Å²) in [5, 5.41) is 0. The Balaban J connectivity index is 2.94. The number of rotatable bonds is 5. The Kier molecular flexibility index (Phi) is 4.14. The molecule has 1 rings (SSSR count). The zero-order chi connectivity index (χ0) is 14.1. The van der Waals surface area contributed by atoms with E-state index in [2.05, 4.69) is 0 Å². The summed E-state index contributed by atoms with van der Waals surface area (Å²) in [5.41, 5.74) is -0.906. The van der Waals surface area contributed by atoms with Crippen molar-refractivity contribution in [2.45, 2.75) is 60.3 Å². The highest BCUT2D eigenvalue weighted by Gasteiger charge is 2.49. The van der Waals surface area contributed by atoms with Crippen LogP contribution in [0.4, 0.5) is 0 Å². The molecule has 0 saturated heterocycles. The van der Waals surface area contributed by atoms with Crippen molar-refractivity contribution in [3.63, 3.8) is 0 Å². The molecule has 1 aliphatic rings. The number of hydrogen-bond donors (Lipinski definition) is 0. The number of Topliss-reactive ketones (excluding diaryl/α,β-unsaturated/α-hetero) is 3. The van der Waals surface area contributed by atoms with Gasteiger partial charge in [-0.2, -0.15) is 0 Å². The third-order valence-electron chi connectivity index (χ3n) is 4.87. The average molecular weight is 252 g/mol. The molecule has 3 nitrogen and oxygen atoms in total. The molecule has 0 amide bonds. The second kappa shape index (κ2) is 4.94. The van der Waals surface area contributed by atoms with Gasteiger partial charge in [-0.3, -0.25) is 14.4 Å². The van der Waals surface area contributed by atoms with Gasteiger partial charge in [0.1, 0.15) is 17.3 Å². The van der Waals surface area contributed by atoms with Gasteiger partial charge in [0.15, 0.2) is 0 Å². The SMILES string of the molecule is CC(=O)C[C@]1(C(C)=O)CC[C@H](C(C)(C)C(C)=O)C1. The molecule has 0 aromatic carbocycles. The van der Waals surface area contributed by atoms with Crippen LogP contribution < -0.4 is 0 Å². The molecule has 0 bridgehead atoms. The van der Waals surface area contributed by atoms with Crippen LogP contribution in [0.3, 0.4) is 0 Å². The van der Waals surface area contributed by atoms with Gasteiger partial charge in [0.25, 0.3) is 0 Å². The first-order chi connectivity index (χ1) is 8.12. The molecule has 102 valence electrons. The predicted molar refractivity (Wildman–Crippen MR) is 70.2 cm³/mol. The van der Waals surface area contributed by atoms with E-state index in [1.54, 1.807) is 13.8 Å². The minimum atomic E-state index is -0.511. The molecule has 2 atom stereocenters. The first-order valence-electron chi connectivity index (χ1n) is 6.63. The van der Waals surface area contributed by atoms with E-state index in [1.807, 2.05) is 13.8 Å². The predicted octanol–water partition coefficient (Wildman–Crippen LogP) is 2.96. The van der Waals surface area contributed by atoms with E-state index >= 15 is 0 Å². The monoisotopic (exact) mass is 252 g/mol. The lowest BCUT2D eigenvalue weighted by Crippen LogP contribution is -2.33. The standard InChI is InChI=1S/C15H24O3/c1-10(16)8-15(12(3)18)7-6-13(9-15)14(4,5)11(2)17/h13H,6-9H2,1-5H3/t13-,15+/m0/s1. The van der Waals surface area contributed by atoms with E-state index in [4.69, 9.17) is 0 Å². The zero-order valence-corrected chi connectivity index (χ0v) is 12.1. The maximum atomic E-state index is 11.9. The summed E-state index contributed by atoms with van der Waals surface area (Å²) in [7, 11) is 0. The van der Waals surface area contributed by atoms with Crippen LogP contribution in [0.2, 0.25) is 0 Å². The molecule has 1 saturated carbocycles. The van der Waals surface area contributed by atoms with E-state index in [-0.39, 0.29) is 23.3 Å². The van der Waals surface area contributed by atoms with Gasteiger partial charge in [-0.25, -0.2) is 0 Å². The molecule has 0 heterocycles. The van der Waals surface area contributed by atoms with E-state index in [9.17, 15) is 14.4 Å². The smallest absolute Gasteiger partial charge is 0.136 e. The van der Waals surface area contributed by atoms with Gasteiger partial charge in [0.05, 0.1) is 0 Å². The second-order valence-corrected chi connectivity index (χ2v) is 6.43. The average Bonchev–Trinajstić information content (AvgIpc) is 2.62.